The van der Waals surface area contributed by atoms with E-state index in [0.29, 0.717) is 0 Å². The van der Waals surface area contributed by atoms with E-state index >= 15 is 0 Å². The van der Waals surface area contributed by atoms with Crippen molar-refractivity contribution in [3.05, 3.63) is 55.7 Å². The fourth-order valence-electron chi connectivity index (χ4n) is 2.21. The Morgan fingerprint density at radius 3 is 2.94 bits per heavy atom. The number of fused-ring (bicyclic) bond motifs is 1. The van der Waals surface area contributed by atoms with E-state index in [1.54, 1.807) is 0 Å². The molecule has 1 aromatic carbocycles. The molecule has 18 heavy (non-hydrogen) atoms. The second-order valence-electron chi connectivity index (χ2n) is 4.34. The molecule has 1 aromatic heterocycles. The number of carbonyl (C=O) groups is 1. The summed E-state index contributed by atoms with van der Waals surface area (Å²) in [7, 11) is 0. The van der Waals surface area contributed by atoms with E-state index in [1.165, 1.54) is 22.5 Å². The molecule has 0 radical (unpaired) electrons. The van der Waals surface area contributed by atoms with Crippen molar-refractivity contribution >= 4 is 33.0 Å². The van der Waals surface area contributed by atoms with Gasteiger partial charge in [0.2, 0.25) is 5.78 Å². The second kappa shape index (κ2) is 4.96. The lowest BCUT2D eigenvalue weighted by Crippen LogP contribution is -2.23. The lowest BCUT2D eigenvalue weighted by Gasteiger charge is -2.17. The van der Waals surface area contributed by atoms with E-state index < -0.39 is 0 Å². The summed E-state index contributed by atoms with van der Waals surface area (Å²) in [6.45, 7) is 1.89. The highest BCUT2D eigenvalue weighted by atomic mass is 79.9. The van der Waals surface area contributed by atoms with Gasteiger partial charge in [-0.25, -0.2) is 0 Å². The maximum atomic E-state index is 12.4. The van der Waals surface area contributed by atoms with Crippen LogP contribution in [0.25, 0.3) is 0 Å². The minimum Gasteiger partial charge on any atom is -0.312 e. The number of hydrogen-bond donors (Lipinski definition) is 1. The zero-order valence-electron chi connectivity index (χ0n) is 9.70. The van der Waals surface area contributed by atoms with Crippen molar-refractivity contribution in [2.24, 2.45) is 0 Å². The fraction of sp³-hybridized carbons (Fsp3) is 0.214. The largest absolute Gasteiger partial charge is 0.312 e. The first kappa shape index (κ1) is 12.1. The predicted molar refractivity (Wildman–Crippen MR) is 77.3 cm³/mol. The topological polar surface area (TPSA) is 29.1 Å². The van der Waals surface area contributed by atoms with Crippen molar-refractivity contribution in [2.45, 2.75) is 13.0 Å². The molecule has 0 saturated heterocycles. The summed E-state index contributed by atoms with van der Waals surface area (Å²) in [5, 5.41) is 5.26. The Kier molecular flexibility index (Phi) is 3.33. The quantitative estimate of drug-likeness (QED) is 0.859. The molecule has 0 fully saturated rings. The number of halogens is 1. The van der Waals surface area contributed by atoms with E-state index in [-0.39, 0.29) is 5.78 Å². The van der Waals surface area contributed by atoms with Crippen molar-refractivity contribution in [1.29, 1.82) is 0 Å². The van der Waals surface area contributed by atoms with Crippen LogP contribution in [0.15, 0.2) is 34.1 Å². The zero-order valence-corrected chi connectivity index (χ0v) is 12.1. The molecule has 2 heterocycles. The third kappa shape index (κ3) is 2.16. The Hall–Kier alpha value is -0.970. The van der Waals surface area contributed by atoms with Gasteiger partial charge in [-0.1, -0.05) is 12.1 Å². The lowest BCUT2D eigenvalue weighted by molar-refractivity contribution is 0.104. The van der Waals surface area contributed by atoms with Gasteiger partial charge >= 0.3 is 0 Å². The highest BCUT2D eigenvalue weighted by Crippen LogP contribution is 2.26. The molecule has 3 rings (SSSR count). The summed E-state index contributed by atoms with van der Waals surface area (Å²) in [5.41, 5.74) is 3.39. The van der Waals surface area contributed by atoms with Gasteiger partial charge in [0.15, 0.2) is 0 Å². The molecule has 2 nitrogen and oxygen atoms in total. The van der Waals surface area contributed by atoms with E-state index in [9.17, 15) is 4.79 Å². The van der Waals surface area contributed by atoms with Crippen molar-refractivity contribution in [3.8, 4) is 0 Å². The molecule has 4 heteroatoms. The van der Waals surface area contributed by atoms with Gasteiger partial charge in [0.25, 0.3) is 0 Å². The maximum Gasteiger partial charge on any atom is 0.204 e. The molecule has 0 unspecified atom stereocenters. The highest BCUT2D eigenvalue weighted by molar-refractivity contribution is 9.10. The molecule has 1 aliphatic heterocycles. The minimum atomic E-state index is 0.102. The first-order valence-corrected chi connectivity index (χ1v) is 7.53. The smallest absolute Gasteiger partial charge is 0.204 e. The number of benzene rings is 1. The van der Waals surface area contributed by atoms with E-state index in [2.05, 4.69) is 27.3 Å². The van der Waals surface area contributed by atoms with Crippen LogP contribution in [0.3, 0.4) is 0 Å². The van der Waals surface area contributed by atoms with E-state index in [1.807, 2.05) is 23.6 Å². The first-order chi connectivity index (χ1) is 8.75. The Bertz CT molecular complexity index is 606. The SMILES string of the molecule is O=C(c1ccc2c(c1)CNCC2)c1sccc1Br. The van der Waals surface area contributed by atoms with Crippen LogP contribution < -0.4 is 5.32 Å². The van der Waals surface area contributed by atoms with Gasteiger partial charge in [0.05, 0.1) is 4.88 Å². The van der Waals surface area contributed by atoms with Crippen molar-refractivity contribution in [2.75, 3.05) is 6.54 Å². The van der Waals surface area contributed by atoms with Crippen LogP contribution in [0.2, 0.25) is 0 Å². The van der Waals surface area contributed by atoms with Gasteiger partial charge in [0, 0.05) is 16.6 Å². The fourth-order valence-corrected chi connectivity index (χ4v) is 3.72. The Labute approximate surface area is 118 Å². The minimum absolute atomic E-state index is 0.102. The molecule has 0 aliphatic carbocycles. The molecule has 0 amide bonds. The van der Waals surface area contributed by atoms with Crippen molar-refractivity contribution < 1.29 is 4.79 Å². The number of hydrogen-bond acceptors (Lipinski definition) is 3. The third-order valence-electron chi connectivity index (χ3n) is 3.18. The summed E-state index contributed by atoms with van der Waals surface area (Å²) in [4.78, 5) is 13.2. The van der Waals surface area contributed by atoms with Crippen LogP contribution >= 0.6 is 27.3 Å². The monoisotopic (exact) mass is 321 g/mol. The van der Waals surface area contributed by atoms with Gasteiger partial charge in [0.1, 0.15) is 0 Å². The standard InChI is InChI=1S/C14H12BrNOS/c15-12-4-6-18-14(12)13(17)10-2-1-9-3-5-16-8-11(9)7-10/h1-2,4,6-7,16H,3,5,8H2. The summed E-state index contributed by atoms with van der Waals surface area (Å²) in [5.74, 6) is 0.102. The Morgan fingerprint density at radius 1 is 1.28 bits per heavy atom. The molecule has 0 bridgehead atoms. The summed E-state index contributed by atoms with van der Waals surface area (Å²) >= 11 is 4.89. The lowest BCUT2D eigenvalue weighted by atomic mass is 9.97. The van der Waals surface area contributed by atoms with E-state index in [0.717, 1.165) is 34.4 Å². The molecule has 1 N–H and O–H groups in total. The first-order valence-electron chi connectivity index (χ1n) is 5.86. The predicted octanol–water partition coefficient (Wildman–Crippen LogP) is 3.39. The average molecular weight is 322 g/mol. The number of nitrogens with one attached hydrogen (secondary N) is 1. The van der Waals surface area contributed by atoms with Gasteiger partial charge in [-0.2, -0.15) is 0 Å². The van der Waals surface area contributed by atoms with Gasteiger partial charge in [-0.05, 0) is 57.5 Å². The molecule has 0 atom stereocenters. The number of rotatable bonds is 2. The second-order valence-corrected chi connectivity index (χ2v) is 6.11. The number of ketones is 1. The van der Waals surface area contributed by atoms with Crippen LogP contribution in [-0.4, -0.2) is 12.3 Å². The van der Waals surface area contributed by atoms with Gasteiger partial charge in [-0.15, -0.1) is 11.3 Å². The molecule has 0 spiro atoms. The van der Waals surface area contributed by atoms with Gasteiger partial charge < -0.3 is 5.32 Å². The molecule has 92 valence electrons. The summed E-state index contributed by atoms with van der Waals surface area (Å²) in [6.07, 6.45) is 1.05. The summed E-state index contributed by atoms with van der Waals surface area (Å²) in [6, 6.07) is 7.97. The van der Waals surface area contributed by atoms with Crippen LogP contribution in [-0.2, 0) is 13.0 Å². The highest BCUT2D eigenvalue weighted by Gasteiger charge is 2.16. The summed E-state index contributed by atoms with van der Waals surface area (Å²) < 4.78 is 0.883. The molecule has 2 aromatic rings. The Morgan fingerprint density at radius 2 is 2.17 bits per heavy atom. The molecule has 1 aliphatic rings. The van der Waals surface area contributed by atoms with Crippen LogP contribution in [0.5, 0.6) is 0 Å². The molecular weight excluding hydrogens is 310 g/mol. The van der Waals surface area contributed by atoms with Gasteiger partial charge in [-0.3, -0.25) is 4.79 Å². The van der Waals surface area contributed by atoms with Crippen LogP contribution in [0, 0.1) is 0 Å². The normalized spacial score (nSPS) is 14.3. The number of thiophene rings is 1. The van der Waals surface area contributed by atoms with Crippen molar-refractivity contribution in [3.63, 3.8) is 0 Å². The van der Waals surface area contributed by atoms with Crippen LogP contribution in [0.4, 0.5) is 0 Å². The van der Waals surface area contributed by atoms with Crippen molar-refractivity contribution in [1.82, 2.24) is 5.32 Å². The number of carbonyl (C=O) groups excluding carboxylic acids is 1. The Balaban J connectivity index is 1.98. The third-order valence-corrected chi connectivity index (χ3v) is 5.01. The zero-order chi connectivity index (χ0) is 12.5. The van der Waals surface area contributed by atoms with Crippen LogP contribution in [0.1, 0.15) is 26.4 Å². The maximum absolute atomic E-state index is 12.4. The average Bonchev–Trinajstić information content (AvgIpc) is 2.83. The van der Waals surface area contributed by atoms with E-state index in [4.69, 9.17) is 0 Å². The molecular formula is C14H12BrNOS. The molecule has 0 saturated carbocycles.